The van der Waals surface area contributed by atoms with Gasteiger partial charge in [0.2, 0.25) is 5.91 Å². The summed E-state index contributed by atoms with van der Waals surface area (Å²) in [5.41, 5.74) is 4.12. The van der Waals surface area contributed by atoms with E-state index in [1.165, 1.54) is 0 Å². The Morgan fingerprint density at radius 2 is 2.03 bits per heavy atom. The van der Waals surface area contributed by atoms with Crippen LogP contribution in [0.5, 0.6) is 5.75 Å². The van der Waals surface area contributed by atoms with Gasteiger partial charge >= 0.3 is 0 Å². The number of imidazole rings is 1. The molecule has 0 saturated heterocycles. The molecule has 1 aliphatic heterocycles. The third-order valence-electron chi connectivity index (χ3n) is 5.11. The molecule has 3 N–H and O–H groups in total. The molecular formula is C24H23N5O3. The number of amides is 1. The minimum atomic E-state index is -0.895. The quantitative estimate of drug-likeness (QED) is 0.431. The van der Waals surface area contributed by atoms with Gasteiger partial charge in [-0.25, -0.2) is 9.97 Å². The lowest BCUT2D eigenvalue weighted by atomic mass is 10.1. The molecule has 4 aromatic rings. The van der Waals surface area contributed by atoms with Gasteiger partial charge in [0.05, 0.1) is 17.7 Å². The highest BCUT2D eigenvalue weighted by Crippen LogP contribution is 2.30. The van der Waals surface area contributed by atoms with Gasteiger partial charge in [-0.2, -0.15) is 0 Å². The molecule has 0 aliphatic carbocycles. The van der Waals surface area contributed by atoms with Crippen molar-refractivity contribution in [3.8, 4) is 17.0 Å². The Labute approximate surface area is 184 Å². The van der Waals surface area contributed by atoms with E-state index in [-0.39, 0.29) is 12.5 Å². The molecule has 0 atom stereocenters. The van der Waals surface area contributed by atoms with Gasteiger partial charge < -0.3 is 24.9 Å². The van der Waals surface area contributed by atoms with Crippen LogP contribution in [-0.4, -0.2) is 37.6 Å². The number of hydrogen-bond acceptors (Lipinski definition) is 6. The summed E-state index contributed by atoms with van der Waals surface area (Å²) in [4.78, 5) is 20.9. The number of hydrogen-bond donors (Lipinski definition) is 3. The SMILES string of the molecule is CC(C)(O)COc1ccc(Nc2nc(-c3ccc4c(c3)NC(=O)C4)cn3ccnc23)cc1. The Balaban J connectivity index is 1.43. The van der Waals surface area contributed by atoms with E-state index in [1.54, 1.807) is 20.0 Å². The first kappa shape index (κ1) is 20.0. The summed E-state index contributed by atoms with van der Waals surface area (Å²) >= 11 is 0. The number of nitrogens with zero attached hydrogens (tertiary/aromatic N) is 3. The molecule has 1 amide bonds. The maximum Gasteiger partial charge on any atom is 0.228 e. The molecule has 32 heavy (non-hydrogen) atoms. The van der Waals surface area contributed by atoms with E-state index in [0.717, 1.165) is 28.2 Å². The van der Waals surface area contributed by atoms with E-state index in [1.807, 2.05) is 59.3 Å². The zero-order chi connectivity index (χ0) is 22.3. The fourth-order valence-electron chi connectivity index (χ4n) is 3.56. The van der Waals surface area contributed by atoms with Crippen molar-refractivity contribution in [3.05, 3.63) is 66.6 Å². The average Bonchev–Trinajstić information content (AvgIpc) is 3.37. The summed E-state index contributed by atoms with van der Waals surface area (Å²) < 4.78 is 7.53. The van der Waals surface area contributed by atoms with Gasteiger partial charge in [-0.15, -0.1) is 0 Å². The van der Waals surface area contributed by atoms with Gasteiger partial charge in [0, 0.05) is 35.5 Å². The van der Waals surface area contributed by atoms with E-state index >= 15 is 0 Å². The Kier molecular flexibility index (Phi) is 4.79. The molecular weight excluding hydrogens is 406 g/mol. The number of benzene rings is 2. The highest BCUT2D eigenvalue weighted by molar-refractivity contribution is 5.99. The summed E-state index contributed by atoms with van der Waals surface area (Å²) in [7, 11) is 0. The maximum atomic E-state index is 11.7. The fraction of sp³-hybridized carbons (Fsp3) is 0.208. The molecule has 0 spiro atoms. The minimum Gasteiger partial charge on any atom is -0.491 e. The standard InChI is InChI=1S/C24H23N5O3/c1-24(2,31)14-32-18-7-5-17(6-8-18)26-22-23-25-9-10-29(23)13-20(28-22)15-3-4-16-12-21(30)27-19(16)11-15/h3-11,13,31H,12,14H2,1-2H3,(H,26,28)(H,27,30). The van der Waals surface area contributed by atoms with Gasteiger partial charge in [0.1, 0.15) is 12.4 Å². The van der Waals surface area contributed by atoms with Crippen molar-refractivity contribution in [3.63, 3.8) is 0 Å². The van der Waals surface area contributed by atoms with Crippen LogP contribution in [0, 0.1) is 0 Å². The number of carbonyl (C=O) groups excluding carboxylic acids is 1. The topological polar surface area (TPSA) is 101 Å². The molecule has 0 saturated carbocycles. The number of anilines is 3. The second-order valence-corrected chi connectivity index (χ2v) is 8.48. The molecule has 0 unspecified atom stereocenters. The van der Waals surface area contributed by atoms with Crippen LogP contribution in [0.2, 0.25) is 0 Å². The number of nitrogens with one attached hydrogen (secondary N) is 2. The van der Waals surface area contributed by atoms with Crippen molar-refractivity contribution in [2.24, 2.45) is 0 Å². The molecule has 8 heteroatoms. The van der Waals surface area contributed by atoms with Gasteiger partial charge in [-0.3, -0.25) is 4.79 Å². The zero-order valence-corrected chi connectivity index (χ0v) is 17.8. The van der Waals surface area contributed by atoms with Gasteiger partial charge in [-0.1, -0.05) is 12.1 Å². The number of carbonyl (C=O) groups is 1. The lowest BCUT2D eigenvalue weighted by Gasteiger charge is -2.18. The van der Waals surface area contributed by atoms with Crippen molar-refractivity contribution in [2.45, 2.75) is 25.9 Å². The average molecular weight is 429 g/mol. The second-order valence-electron chi connectivity index (χ2n) is 8.48. The Morgan fingerprint density at radius 3 is 2.81 bits per heavy atom. The summed E-state index contributed by atoms with van der Waals surface area (Å²) in [6.45, 7) is 3.61. The molecule has 5 rings (SSSR count). The number of aliphatic hydroxyl groups is 1. The largest absolute Gasteiger partial charge is 0.491 e. The normalized spacial score (nSPS) is 13.2. The predicted molar refractivity (Wildman–Crippen MR) is 122 cm³/mol. The molecule has 162 valence electrons. The van der Waals surface area contributed by atoms with Crippen LogP contribution in [0.1, 0.15) is 19.4 Å². The summed E-state index contributed by atoms with van der Waals surface area (Å²) in [6.07, 6.45) is 5.92. The highest BCUT2D eigenvalue weighted by Gasteiger charge is 2.19. The Bertz CT molecular complexity index is 1310. The van der Waals surface area contributed by atoms with Gasteiger partial charge in [0.25, 0.3) is 0 Å². The molecule has 0 fully saturated rings. The molecule has 2 aromatic carbocycles. The monoisotopic (exact) mass is 429 g/mol. The van der Waals surface area contributed by atoms with Crippen LogP contribution in [-0.2, 0) is 11.2 Å². The number of aromatic nitrogens is 3. The van der Waals surface area contributed by atoms with Crippen LogP contribution >= 0.6 is 0 Å². The van der Waals surface area contributed by atoms with Gasteiger partial charge in [0.15, 0.2) is 11.5 Å². The van der Waals surface area contributed by atoms with Crippen LogP contribution in [0.3, 0.4) is 0 Å². The molecule has 8 nitrogen and oxygen atoms in total. The van der Waals surface area contributed by atoms with Crippen molar-refractivity contribution in [2.75, 3.05) is 17.2 Å². The van der Waals surface area contributed by atoms with E-state index < -0.39 is 5.60 Å². The molecule has 3 heterocycles. The first-order valence-electron chi connectivity index (χ1n) is 10.3. The van der Waals surface area contributed by atoms with Crippen molar-refractivity contribution < 1.29 is 14.6 Å². The van der Waals surface area contributed by atoms with E-state index in [9.17, 15) is 9.90 Å². The third-order valence-corrected chi connectivity index (χ3v) is 5.11. The Hall–Kier alpha value is -3.91. The second kappa shape index (κ2) is 7.65. The Morgan fingerprint density at radius 1 is 1.22 bits per heavy atom. The molecule has 0 bridgehead atoms. The first-order chi connectivity index (χ1) is 15.3. The van der Waals surface area contributed by atoms with E-state index in [0.29, 0.717) is 23.6 Å². The third kappa shape index (κ3) is 4.13. The molecule has 0 radical (unpaired) electrons. The lowest BCUT2D eigenvalue weighted by Crippen LogP contribution is -2.27. The summed E-state index contributed by atoms with van der Waals surface area (Å²) in [5.74, 6) is 1.29. The summed E-state index contributed by atoms with van der Waals surface area (Å²) in [6, 6.07) is 13.3. The number of rotatable bonds is 6. The van der Waals surface area contributed by atoms with Gasteiger partial charge in [-0.05, 0) is 49.7 Å². The van der Waals surface area contributed by atoms with Crippen LogP contribution in [0.15, 0.2) is 61.1 Å². The summed E-state index contributed by atoms with van der Waals surface area (Å²) in [5, 5.41) is 16.0. The number of fused-ring (bicyclic) bond motifs is 2. The van der Waals surface area contributed by atoms with Crippen molar-refractivity contribution in [1.29, 1.82) is 0 Å². The van der Waals surface area contributed by atoms with Crippen LogP contribution in [0.4, 0.5) is 17.2 Å². The minimum absolute atomic E-state index is 0.00695. The maximum absolute atomic E-state index is 11.7. The molecule has 1 aliphatic rings. The predicted octanol–water partition coefficient (Wildman–Crippen LogP) is 3.78. The van der Waals surface area contributed by atoms with Crippen LogP contribution in [0.25, 0.3) is 16.9 Å². The lowest BCUT2D eigenvalue weighted by molar-refractivity contribution is -0.115. The van der Waals surface area contributed by atoms with E-state index in [2.05, 4.69) is 15.6 Å². The fourth-order valence-corrected chi connectivity index (χ4v) is 3.56. The van der Waals surface area contributed by atoms with E-state index in [4.69, 9.17) is 9.72 Å². The first-order valence-corrected chi connectivity index (χ1v) is 10.3. The van der Waals surface area contributed by atoms with Crippen molar-refractivity contribution >= 4 is 28.7 Å². The zero-order valence-electron chi connectivity index (χ0n) is 17.8. The highest BCUT2D eigenvalue weighted by atomic mass is 16.5. The van der Waals surface area contributed by atoms with Crippen molar-refractivity contribution in [1.82, 2.24) is 14.4 Å². The smallest absolute Gasteiger partial charge is 0.228 e. The molecule has 2 aromatic heterocycles. The number of ether oxygens (including phenoxy) is 1. The van der Waals surface area contributed by atoms with Crippen LogP contribution < -0.4 is 15.4 Å².